The van der Waals surface area contributed by atoms with Crippen LogP contribution < -0.4 is 5.32 Å². The zero-order chi connectivity index (χ0) is 12.7. The van der Waals surface area contributed by atoms with Crippen molar-refractivity contribution in [2.75, 3.05) is 12.3 Å². The third-order valence-corrected chi connectivity index (χ3v) is 3.96. The average molecular weight is 251 g/mol. The van der Waals surface area contributed by atoms with Crippen LogP contribution in [0.15, 0.2) is 29.2 Å². The summed E-state index contributed by atoms with van der Waals surface area (Å²) in [6.45, 7) is 11.1. The molecule has 0 fully saturated rings. The maximum atomic E-state index is 3.52. The summed E-state index contributed by atoms with van der Waals surface area (Å²) in [7, 11) is 0. The van der Waals surface area contributed by atoms with Gasteiger partial charge in [-0.1, -0.05) is 45.9 Å². The molecule has 0 saturated heterocycles. The summed E-state index contributed by atoms with van der Waals surface area (Å²) in [4.78, 5) is 1.43. The van der Waals surface area contributed by atoms with Crippen LogP contribution in [-0.2, 0) is 6.54 Å². The third-order valence-electron chi connectivity index (χ3n) is 2.41. The second-order valence-electron chi connectivity index (χ2n) is 5.34. The lowest BCUT2D eigenvalue weighted by Crippen LogP contribution is -2.19. The van der Waals surface area contributed by atoms with E-state index in [1.807, 2.05) is 11.8 Å². The van der Waals surface area contributed by atoms with Crippen LogP contribution >= 0.6 is 11.8 Å². The van der Waals surface area contributed by atoms with Crippen molar-refractivity contribution >= 4 is 11.8 Å². The molecular weight excluding hydrogens is 226 g/mol. The first-order valence-corrected chi connectivity index (χ1v) is 7.49. The Balaban J connectivity index is 2.51. The Labute approximate surface area is 110 Å². The van der Waals surface area contributed by atoms with E-state index in [9.17, 15) is 0 Å². The van der Waals surface area contributed by atoms with E-state index in [0.29, 0.717) is 5.92 Å². The highest BCUT2D eigenvalue weighted by atomic mass is 32.2. The number of hydrogen-bond acceptors (Lipinski definition) is 2. The first kappa shape index (κ1) is 14.6. The summed E-state index contributed by atoms with van der Waals surface area (Å²) in [6.07, 6.45) is 0. The van der Waals surface area contributed by atoms with Crippen LogP contribution in [0.3, 0.4) is 0 Å². The van der Waals surface area contributed by atoms with Gasteiger partial charge in [-0.3, -0.25) is 0 Å². The lowest BCUT2D eigenvalue weighted by atomic mass is 10.2. The number of hydrogen-bond donors (Lipinski definition) is 1. The smallest absolute Gasteiger partial charge is 0.0216 e. The lowest BCUT2D eigenvalue weighted by molar-refractivity contribution is 0.550. The molecule has 0 aliphatic carbocycles. The van der Waals surface area contributed by atoms with Gasteiger partial charge in [-0.05, 0) is 30.0 Å². The Bertz CT molecular complexity index is 320. The van der Waals surface area contributed by atoms with Gasteiger partial charge in [0, 0.05) is 17.2 Å². The topological polar surface area (TPSA) is 12.0 Å². The van der Waals surface area contributed by atoms with Crippen molar-refractivity contribution in [3.05, 3.63) is 29.8 Å². The van der Waals surface area contributed by atoms with E-state index in [1.165, 1.54) is 16.2 Å². The highest BCUT2D eigenvalue weighted by molar-refractivity contribution is 7.99. The minimum atomic E-state index is 0.713. The number of thioether (sulfide) groups is 1. The largest absolute Gasteiger partial charge is 0.312 e. The summed E-state index contributed by atoms with van der Waals surface area (Å²) in [6, 6.07) is 8.73. The molecule has 2 heteroatoms. The normalized spacial score (nSPS) is 11.4. The number of rotatable bonds is 7. The van der Waals surface area contributed by atoms with Crippen LogP contribution in [0.5, 0.6) is 0 Å². The molecule has 0 amide bonds. The first-order valence-electron chi connectivity index (χ1n) is 6.51. The van der Waals surface area contributed by atoms with Gasteiger partial charge >= 0.3 is 0 Å². The molecule has 0 aliphatic heterocycles. The van der Waals surface area contributed by atoms with Gasteiger partial charge in [0.25, 0.3) is 0 Å². The Morgan fingerprint density at radius 1 is 1.06 bits per heavy atom. The van der Waals surface area contributed by atoms with Crippen molar-refractivity contribution in [3.8, 4) is 0 Å². The van der Waals surface area contributed by atoms with Gasteiger partial charge in [0.05, 0.1) is 0 Å². The van der Waals surface area contributed by atoms with Crippen LogP contribution in [-0.4, -0.2) is 12.3 Å². The molecule has 1 nitrogen and oxygen atoms in total. The van der Waals surface area contributed by atoms with Gasteiger partial charge in [-0.2, -0.15) is 0 Å². The SMILES string of the molecule is CC(C)CNCc1ccccc1SCC(C)C. The van der Waals surface area contributed by atoms with E-state index in [0.717, 1.165) is 19.0 Å². The van der Waals surface area contributed by atoms with E-state index in [-0.39, 0.29) is 0 Å². The molecule has 0 aromatic heterocycles. The van der Waals surface area contributed by atoms with E-state index in [1.54, 1.807) is 0 Å². The molecule has 0 atom stereocenters. The third kappa shape index (κ3) is 6.13. The van der Waals surface area contributed by atoms with Crippen molar-refractivity contribution in [2.24, 2.45) is 11.8 Å². The van der Waals surface area contributed by atoms with Crippen molar-refractivity contribution in [2.45, 2.75) is 39.1 Å². The Kier molecular flexibility index (Phi) is 6.68. The summed E-state index contributed by atoms with van der Waals surface area (Å²) in [5.41, 5.74) is 1.43. The monoisotopic (exact) mass is 251 g/mol. The van der Waals surface area contributed by atoms with Crippen molar-refractivity contribution < 1.29 is 0 Å². The fourth-order valence-corrected chi connectivity index (χ4v) is 2.56. The Hall–Kier alpha value is -0.470. The maximum absolute atomic E-state index is 3.52. The van der Waals surface area contributed by atoms with Crippen molar-refractivity contribution in [1.82, 2.24) is 5.32 Å². The second-order valence-corrected chi connectivity index (χ2v) is 6.40. The summed E-state index contributed by atoms with van der Waals surface area (Å²) >= 11 is 1.97. The van der Waals surface area contributed by atoms with Gasteiger partial charge in [-0.15, -0.1) is 11.8 Å². The van der Waals surface area contributed by atoms with Crippen LogP contribution in [0.25, 0.3) is 0 Å². The molecule has 0 bridgehead atoms. The predicted molar refractivity (Wildman–Crippen MR) is 78.5 cm³/mol. The first-order chi connectivity index (χ1) is 8.09. The van der Waals surface area contributed by atoms with E-state index in [4.69, 9.17) is 0 Å². The van der Waals surface area contributed by atoms with Gasteiger partial charge < -0.3 is 5.32 Å². The highest BCUT2D eigenvalue weighted by Gasteiger charge is 2.03. The van der Waals surface area contributed by atoms with Gasteiger partial charge in [0.15, 0.2) is 0 Å². The van der Waals surface area contributed by atoms with E-state index >= 15 is 0 Å². The standard InChI is InChI=1S/C15H25NS/c1-12(2)9-16-10-14-7-5-6-8-15(14)17-11-13(3)4/h5-8,12-13,16H,9-11H2,1-4H3. The van der Waals surface area contributed by atoms with E-state index < -0.39 is 0 Å². The fraction of sp³-hybridized carbons (Fsp3) is 0.600. The van der Waals surface area contributed by atoms with Crippen LogP contribution in [0.2, 0.25) is 0 Å². The molecule has 0 aliphatic rings. The predicted octanol–water partition coefficient (Wildman–Crippen LogP) is 4.18. The molecular formula is C15H25NS. The zero-order valence-corrected chi connectivity index (χ0v) is 12.3. The molecule has 96 valence electrons. The minimum absolute atomic E-state index is 0.713. The van der Waals surface area contributed by atoms with Crippen LogP contribution in [0, 0.1) is 11.8 Å². The Morgan fingerprint density at radius 3 is 2.41 bits per heavy atom. The molecule has 1 N–H and O–H groups in total. The molecule has 0 heterocycles. The van der Waals surface area contributed by atoms with Gasteiger partial charge in [0.1, 0.15) is 0 Å². The second kappa shape index (κ2) is 7.78. The maximum Gasteiger partial charge on any atom is 0.0216 e. The van der Waals surface area contributed by atoms with Gasteiger partial charge in [0.2, 0.25) is 0 Å². The fourth-order valence-electron chi connectivity index (χ4n) is 1.54. The lowest BCUT2D eigenvalue weighted by Gasteiger charge is -2.12. The molecule has 0 saturated carbocycles. The number of nitrogens with one attached hydrogen (secondary N) is 1. The molecule has 0 radical (unpaired) electrons. The van der Waals surface area contributed by atoms with Crippen molar-refractivity contribution in [3.63, 3.8) is 0 Å². The molecule has 1 aromatic rings. The molecule has 0 spiro atoms. The minimum Gasteiger partial charge on any atom is -0.312 e. The average Bonchev–Trinajstić information content (AvgIpc) is 2.27. The molecule has 17 heavy (non-hydrogen) atoms. The zero-order valence-electron chi connectivity index (χ0n) is 11.5. The summed E-state index contributed by atoms with van der Waals surface area (Å²) in [5.74, 6) is 2.66. The Morgan fingerprint density at radius 2 is 1.76 bits per heavy atom. The van der Waals surface area contributed by atoms with Crippen LogP contribution in [0.1, 0.15) is 33.3 Å². The van der Waals surface area contributed by atoms with Gasteiger partial charge in [-0.25, -0.2) is 0 Å². The quantitative estimate of drug-likeness (QED) is 0.730. The summed E-state index contributed by atoms with van der Waals surface area (Å²) in [5, 5.41) is 3.52. The van der Waals surface area contributed by atoms with E-state index in [2.05, 4.69) is 57.3 Å². The molecule has 1 rings (SSSR count). The highest BCUT2D eigenvalue weighted by Crippen LogP contribution is 2.24. The van der Waals surface area contributed by atoms with Crippen molar-refractivity contribution in [1.29, 1.82) is 0 Å². The molecule has 1 aromatic carbocycles. The summed E-state index contributed by atoms with van der Waals surface area (Å²) < 4.78 is 0. The molecule has 0 unspecified atom stereocenters. The number of benzene rings is 1. The van der Waals surface area contributed by atoms with Crippen LogP contribution in [0.4, 0.5) is 0 Å².